The lowest BCUT2D eigenvalue weighted by atomic mass is 9.71. The van der Waals surface area contributed by atoms with Gasteiger partial charge < -0.3 is 8.85 Å². The van der Waals surface area contributed by atoms with Crippen LogP contribution in [0.3, 0.4) is 0 Å². The summed E-state index contributed by atoms with van der Waals surface area (Å²) in [5, 5.41) is 0. The molecule has 0 aromatic carbocycles. The first kappa shape index (κ1) is 20.7. The van der Waals surface area contributed by atoms with Crippen molar-refractivity contribution in [3.05, 3.63) is 22.8 Å². The van der Waals surface area contributed by atoms with Crippen LogP contribution in [0.2, 0.25) is 12.6 Å². The Hall–Kier alpha value is -0.383. The van der Waals surface area contributed by atoms with Crippen molar-refractivity contribution in [1.29, 1.82) is 0 Å². The highest BCUT2D eigenvalue weighted by molar-refractivity contribution is 6.66. The van der Waals surface area contributed by atoms with Crippen molar-refractivity contribution in [1.82, 2.24) is 0 Å². The Kier molecular flexibility index (Phi) is 8.26. The molecule has 0 radical (unpaired) electrons. The fraction of sp³-hybridized carbons (Fsp3) is 0.800. The standard InChI is InChI=1S/C20H38O2Si/c1-8-21-23(7,22-9-2)16-14-17(3)12-13-19-18(4)11-10-15-20(19,5)6/h14H,8-13,15-16H2,1-7H3. The third kappa shape index (κ3) is 6.56. The number of rotatable bonds is 9. The summed E-state index contributed by atoms with van der Waals surface area (Å²) in [6.45, 7) is 17.2. The van der Waals surface area contributed by atoms with Gasteiger partial charge in [0.05, 0.1) is 0 Å². The normalized spacial score (nSPS) is 19.3. The van der Waals surface area contributed by atoms with Gasteiger partial charge in [0, 0.05) is 19.3 Å². The molecule has 2 nitrogen and oxygen atoms in total. The van der Waals surface area contributed by atoms with Crippen molar-refractivity contribution in [3.63, 3.8) is 0 Å². The lowest BCUT2D eigenvalue weighted by Gasteiger charge is -2.35. The second-order valence-corrected chi connectivity index (χ2v) is 11.0. The number of allylic oxidation sites excluding steroid dienone is 4. The van der Waals surface area contributed by atoms with Gasteiger partial charge in [-0.05, 0) is 71.8 Å². The molecule has 0 spiro atoms. The van der Waals surface area contributed by atoms with Crippen molar-refractivity contribution >= 4 is 8.56 Å². The SMILES string of the molecule is CCO[Si](C)(CC=C(C)CCC1=C(C)CCCC1(C)C)OCC. The monoisotopic (exact) mass is 338 g/mol. The molecule has 134 valence electrons. The second-order valence-electron chi connectivity index (χ2n) is 7.75. The molecule has 0 fully saturated rings. The third-order valence-electron chi connectivity index (χ3n) is 5.18. The Morgan fingerprint density at radius 3 is 2.35 bits per heavy atom. The predicted molar refractivity (Wildman–Crippen MR) is 103 cm³/mol. The van der Waals surface area contributed by atoms with E-state index in [1.165, 1.54) is 37.7 Å². The van der Waals surface area contributed by atoms with Gasteiger partial charge in [-0.1, -0.05) is 36.6 Å². The first-order valence-electron chi connectivity index (χ1n) is 9.36. The minimum Gasteiger partial charge on any atom is -0.394 e. The molecule has 0 saturated heterocycles. The molecule has 0 atom stereocenters. The molecule has 0 aliphatic heterocycles. The highest BCUT2D eigenvalue weighted by Gasteiger charge is 2.30. The van der Waals surface area contributed by atoms with Gasteiger partial charge in [0.25, 0.3) is 0 Å². The molecule has 3 heteroatoms. The van der Waals surface area contributed by atoms with E-state index in [1.54, 1.807) is 11.1 Å². The second kappa shape index (κ2) is 9.19. The number of hydrogen-bond donors (Lipinski definition) is 0. The average Bonchev–Trinajstić information content (AvgIpc) is 2.44. The topological polar surface area (TPSA) is 18.5 Å². The van der Waals surface area contributed by atoms with Crippen LogP contribution in [0.1, 0.15) is 73.6 Å². The fourth-order valence-electron chi connectivity index (χ4n) is 3.78. The van der Waals surface area contributed by atoms with E-state index in [4.69, 9.17) is 8.85 Å². The van der Waals surface area contributed by atoms with Crippen LogP contribution in [0.25, 0.3) is 0 Å². The molecule has 0 N–H and O–H groups in total. The van der Waals surface area contributed by atoms with Gasteiger partial charge in [-0.3, -0.25) is 0 Å². The summed E-state index contributed by atoms with van der Waals surface area (Å²) in [6.07, 6.45) is 8.72. The van der Waals surface area contributed by atoms with Gasteiger partial charge >= 0.3 is 8.56 Å². The van der Waals surface area contributed by atoms with Crippen molar-refractivity contribution in [3.8, 4) is 0 Å². The van der Waals surface area contributed by atoms with Crippen LogP contribution in [0.5, 0.6) is 0 Å². The molecule has 0 amide bonds. The van der Waals surface area contributed by atoms with Gasteiger partial charge in [0.1, 0.15) is 0 Å². The summed E-state index contributed by atoms with van der Waals surface area (Å²) in [4.78, 5) is 0. The lowest BCUT2D eigenvalue weighted by Crippen LogP contribution is -2.38. The highest BCUT2D eigenvalue weighted by Crippen LogP contribution is 2.42. The minimum absolute atomic E-state index is 0.391. The van der Waals surface area contributed by atoms with Gasteiger partial charge in [-0.15, -0.1) is 0 Å². The van der Waals surface area contributed by atoms with E-state index in [9.17, 15) is 0 Å². The van der Waals surface area contributed by atoms with E-state index >= 15 is 0 Å². The van der Waals surface area contributed by atoms with Gasteiger partial charge in [-0.25, -0.2) is 0 Å². The van der Waals surface area contributed by atoms with Gasteiger partial charge in [-0.2, -0.15) is 0 Å². The molecule has 0 heterocycles. The van der Waals surface area contributed by atoms with Crippen LogP contribution in [0.15, 0.2) is 22.8 Å². The molecular formula is C20H38O2Si. The molecule has 23 heavy (non-hydrogen) atoms. The quantitative estimate of drug-likeness (QED) is 0.358. The molecular weight excluding hydrogens is 300 g/mol. The van der Waals surface area contributed by atoms with E-state index in [2.05, 4.69) is 54.2 Å². The Morgan fingerprint density at radius 2 is 1.83 bits per heavy atom. The first-order valence-corrected chi connectivity index (χ1v) is 11.9. The number of hydrogen-bond acceptors (Lipinski definition) is 2. The van der Waals surface area contributed by atoms with Crippen molar-refractivity contribution < 1.29 is 8.85 Å². The maximum Gasteiger partial charge on any atom is 0.338 e. The fourth-order valence-corrected chi connectivity index (χ4v) is 6.04. The highest BCUT2D eigenvalue weighted by atomic mass is 28.4. The summed E-state index contributed by atoms with van der Waals surface area (Å²) in [5.41, 5.74) is 5.20. The minimum atomic E-state index is -2.01. The van der Waals surface area contributed by atoms with Crippen LogP contribution < -0.4 is 0 Å². The zero-order valence-corrected chi connectivity index (χ0v) is 17.6. The van der Waals surface area contributed by atoms with Crippen LogP contribution in [0, 0.1) is 5.41 Å². The predicted octanol–water partition coefficient (Wildman–Crippen LogP) is 6.38. The van der Waals surface area contributed by atoms with Gasteiger partial charge in [0.15, 0.2) is 0 Å². The van der Waals surface area contributed by atoms with Crippen LogP contribution in [-0.2, 0) is 8.85 Å². The Bertz CT molecular complexity index is 429. The van der Waals surface area contributed by atoms with E-state index in [0.717, 1.165) is 19.3 Å². The smallest absolute Gasteiger partial charge is 0.338 e. The molecule has 0 saturated carbocycles. The molecule has 1 aliphatic carbocycles. The van der Waals surface area contributed by atoms with E-state index in [-0.39, 0.29) is 0 Å². The maximum absolute atomic E-state index is 5.93. The summed E-state index contributed by atoms with van der Waals surface area (Å²) in [7, 11) is -2.01. The Balaban J connectivity index is 2.63. The summed E-state index contributed by atoms with van der Waals surface area (Å²) < 4.78 is 11.9. The third-order valence-corrected chi connectivity index (χ3v) is 7.92. The van der Waals surface area contributed by atoms with Crippen LogP contribution in [0.4, 0.5) is 0 Å². The molecule has 0 aromatic rings. The van der Waals surface area contributed by atoms with E-state index < -0.39 is 8.56 Å². The largest absolute Gasteiger partial charge is 0.394 e. The summed E-state index contributed by atoms with van der Waals surface area (Å²) in [5.74, 6) is 0. The van der Waals surface area contributed by atoms with Crippen LogP contribution >= 0.6 is 0 Å². The molecule has 0 unspecified atom stereocenters. The van der Waals surface area contributed by atoms with E-state index in [0.29, 0.717) is 5.41 Å². The Labute approximate surface area is 145 Å². The summed E-state index contributed by atoms with van der Waals surface area (Å²) >= 11 is 0. The van der Waals surface area contributed by atoms with Crippen LogP contribution in [-0.4, -0.2) is 21.8 Å². The van der Waals surface area contributed by atoms with Crippen molar-refractivity contribution in [2.75, 3.05) is 13.2 Å². The lowest BCUT2D eigenvalue weighted by molar-refractivity contribution is 0.192. The van der Waals surface area contributed by atoms with Crippen molar-refractivity contribution in [2.45, 2.75) is 86.2 Å². The van der Waals surface area contributed by atoms with E-state index in [1.807, 2.05) is 0 Å². The average molecular weight is 339 g/mol. The zero-order valence-electron chi connectivity index (χ0n) is 16.6. The zero-order chi connectivity index (χ0) is 17.5. The molecule has 1 rings (SSSR count). The molecule has 0 bridgehead atoms. The molecule has 0 aromatic heterocycles. The Morgan fingerprint density at radius 1 is 1.22 bits per heavy atom. The van der Waals surface area contributed by atoms with Crippen molar-refractivity contribution in [2.24, 2.45) is 5.41 Å². The summed E-state index contributed by atoms with van der Waals surface area (Å²) in [6, 6.07) is 0.960. The van der Waals surface area contributed by atoms with Gasteiger partial charge in [0.2, 0.25) is 0 Å². The maximum atomic E-state index is 5.93. The molecule has 1 aliphatic rings. The first-order chi connectivity index (χ1) is 10.7.